The number of benzene rings is 3. The first-order valence-corrected chi connectivity index (χ1v) is 12.0. The quantitative estimate of drug-likeness (QED) is 0.373. The summed E-state index contributed by atoms with van der Waals surface area (Å²) in [7, 11) is 0. The molecule has 0 aliphatic carbocycles. The minimum Gasteiger partial charge on any atom is -0.349 e. The Balaban J connectivity index is 1.76. The molecule has 3 aromatic carbocycles. The molecule has 0 fully saturated rings. The first-order valence-electron chi connectivity index (χ1n) is 12.0. The molecule has 0 saturated heterocycles. The van der Waals surface area contributed by atoms with E-state index in [1.54, 1.807) is 30.3 Å². The molecular formula is C28H30FN5O2. The number of fused-ring (bicyclic) bond motifs is 1. The normalized spacial score (nSPS) is 12.3. The minimum atomic E-state index is -0.973. The fraction of sp³-hybridized carbons (Fsp3) is 0.286. The monoisotopic (exact) mass is 487 g/mol. The highest BCUT2D eigenvalue weighted by atomic mass is 19.1. The minimum absolute atomic E-state index is 0.0856. The van der Waals surface area contributed by atoms with E-state index in [1.807, 2.05) is 63.2 Å². The van der Waals surface area contributed by atoms with Crippen LogP contribution in [0.2, 0.25) is 0 Å². The van der Waals surface area contributed by atoms with Crippen LogP contribution in [-0.2, 0) is 22.7 Å². The molecule has 0 spiro atoms. The number of nitrogens with one attached hydrogen (secondary N) is 1. The van der Waals surface area contributed by atoms with Crippen LogP contribution in [0.15, 0.2) is 78.9 Å². The van der Waals surface area contributed by atoms with E-state index < -0.39 is 17.4 Å². The molecule has 0 bridgehead atoms. The summed E-state index contributed by atoms with van der Waals surface area (Å²) in [5, 5.41) is 11.3. The summed E-state index contributed by atoms with van der Waals surface area (Å²) in [5.41, 5.74) is 1.82. The van der Waals surface area contributed by atoms with Gasteiger partial charge in [-0.15, -0.1) is 5.10 Å². The third-order valence-corrected chi connectivity index (χ3v) is 6.34. The highest BCUT2D eigenvalue weighted by Crippen LogP contribution is 2.26. The number of amides is 2. The van der Waals surface area contributed by atoms with Crippen molar-refractivity contribution < 1.29 is 14.0 Å². The average molecular weight is 488 g/mol. The predicted octanol–water partition coefficient (Wildman–Crippen LogP) is 4.65. The Bertz CT molecular complexity index is 1350. The van der Waals surface area contributed by atoms with Crippen LogP contribution in [0, 0.1) is 5.82 Å². The van der Waals surface area contributed by atoms with Gasteiger partial charge in [-0.1, -0.05) is 72.8 Å². The molecule has 1 N–H and O–H groups in total. The van der Waals surface area contributed by atoms with Crippen molar-refractivity contribution in [3.8, 4) is 0 Å². The third-order valence-electron chi connectivity index (χ3n) is 6.34. The Morgan fingerprint density at radius 2 is 1.67 bits per heavy atom. The van der Waals surface area contributed by atoms with Crippen LogP contribution in [-0.4, -0.2) is 37.2 Å². The molecule has 1 aromatic heterocycles. The molecule has 8 heteroatoms. The van der Waals surface area contributed by atoms with Gasteiger partial charge < -0.3 is 10.2 Å². The van der Waals surface area contributed by atoms with Crippen molar-refractivity contribution >= 4 is 22.8 Å². The van der Waals surface area contributed by atoms with E-state index in [2.05, 4.69) is 15.6 Å². The van der Waals surface area contributed by atoms with Crippen LogP contribution < -0.4 is 5.32 Å². The second kappa shape index (κ2) is 10.7. The number of carbonyl (C=O) groups is 2. The van der Waals surface area contributed by atoms with Gasteiger partial charge in [0.25, 0.3) is 0 Å². The summed E-state index contributed by atoms with van der Waals surface area (Å²) in [4.78, 5) is 29.0. The van der Waals surface area contributed by atoms with E-state index in [0.717, 1.165) is 0 Å². The number of carbonyl (C=O) groups excluding carboxylic acids is 2. The van der Waals surface area contributed by atoms with E-state index in [4.69, 9.17) is 0 Å². The van der Waals surface area contributed by atoms with Crippen molar-refractivity contribution in [2.24, 2.45) is 0 Å². The number of hydrogen-bond donors (Lipinski definition) is 1. The molecule has 0 aliphatic rings. The fourth-order valence-corrected chi connectivity index (χ4v) is 3.99. The molecule has 0 aliphatic heterocycles. The largest absolute Gasteiger partial charge is 0.349 e. The first-order chi connectivity index (χ1) is 17.3. The molecule has 0 radical (unpaired) electrons. The van der Waals surface area contributed by atoms with Gasteiger partial charge in [0, 0.05) is 17.6 Å². The van der Waals surface area contributed by atoms with E-state index >= 15 is 0 Å². The molecule has 4 rings (SSSR count). The van der Waals surface area contributed by atoms with Crippen molar-refractivity contribution in [2.45, 2.75) is 51.9 Å². The van der Waals surface area contributed by atoms with Gasteiger partial charge in [0.1, 0.15) is 23.9 Å². The maximum Gasteiger partial charge on any atom is 0.247 e. The van der Waals surface area contributed by atoms with Gasteiger partial charge in [0.15, 0.2) is 0 Å². The number of rotatable bonds is 9. The number of aromatic nitrogens is 3. The Labute approximate surface area is 209 Å². The summed E-state index contributed by atoms with van der Waals surface area (Å²) in [5.74, 6) is -1.16. The van der Waals surface area contributed by atoms with Crippen molar-refractivity contribution in [1.82, 2.24) is 25.2 Å². The Morgan fingerprint density at radius 3 is 2.39 bits per heavy atom. The van der Waals surface area contributed by atoms with Crippen LogP contribution in [0.4, 0.5) is 4.39 Å². The lowest BCUT2D eigenvalue weighted by Gasteiger charge is -2.34. The predicted molar refractivity (Wildman–Crippen MR) is 136 cm³/mol. The van der Waals surface area contributed by atoms with Crippen LogP contribution in [0.25, 0.3) is 11.0 Å². The van der Waals surface area contributed by atoms with E-state index in [0.29, 0.717) is 28.6 Å². The van der Waals surface area contributed by atoms with Crippen LogP contribution in [0.5, 0.6) is 0 Å². The molecule has 0 unspecified atom stereocenters. The van der Waals surface area contributed by atoms with Gasteiger partial charge in [-0.2, -0.15) is 0 Å². The lowest BCUT2D eigenvalue weighted by atomic mass is 9.98. The van der Waals surface area contributed by atoms with Crippen molar-refractivity contribution in [1.29, 1.82) is 0 Å². The van der Waals surface area contributed by atoms with Gasteiger partial charge in [-0.25, -0.2) is 9.07 Å². The number of halogens is 1. The smallest absolute Gasteiger partial charge is 0.247 e. The molecule has 1 heterocycles. The van der Waals surface area contributed by atoms with Gasteiger partial charge in [-0.05, 0) is 44.0 Å². The standard InChI is InChI=1S/C28H30FN5O2/c1-4-28(2,3)30-27(36)26(20-12-6-5-7-13-20)33(18-21-14-8-9-15-22(21)29)25(35)19-34-24-17-11-10-16-23(24)31-32-34/h5-17,26H,4,18-19H2,1-3H3,(H,30,36)/t26-/m0/s1. The molecule has 36 heavy (non-hydrogen) atoms. The molecule has 0 saturated carbocycles. The number of para-hydroxylation sites is 1. The van der Waals surface area contributed by atoms with Gasteiger partial charge >= 0.3 is 0 Å². The molecule has 2 amide bonds. The van der Waals surface area contributed by atoms with E-state index in [1.165, 1.54) is 15.6 Å². The SMILES string of the molecule is CCC(C)(C)NC(=O)[C@H](c1ccccc1)N(Cc1ccccc1F)C(=O)Cn1nnc2ccccc21. The summed E-state index contributed by atoms with van der Waals surface area (Å²) in [6, 6.07) is 21.7. The second-order valence-corrected chi connectivity index (χ2v) is 9.39. The molecule has 186 valence electrons. The maximum absolute atomic E-state index is 14.7. The molecule has 7 nitrogen and oxygen atoms in total. The van der Waals surface area contributed by atoms with Crippen LogP contribution >= 0.6 is 0 Å². The summed E-state index contributed by atoms with van der Waals surface area (Å²) in [6.07, 6.45) is 0.701. The Morgan fingerprint density at radius 1 is 1.00 bits per heavy atom. The zero-order valence-corrected chi connectivity index (χ0v) is 20.7. The topological polar surface area (TPSA) is 80.1 Å². The molecule has 1 atom stereocenters. The highest BCUT2D eigenvalue weighted by molar-refractivity contribution is 5.89. The summed E-state index contributed by atoms with van der Waals surface area (Å²) in [6.45, 7) is 5.60. The van der Waals surface area contributed by atoms with Crippen LogP contribution in [0.3, 0.4) is 0 Å². The lowest BCUT2D eigenvalue weighted by Crippen LogP contribution is -2.50. The van der Waals surface area contributed by atoms with E-state index in [9.17, 15) is 14.0 Å². The first kappa shape index (κ1) is 25.0. The fourth-order valence-electron chi connectivity index (χ4n) is 3.99. The maximum atomic E-state index is 14.7. The Kier molecular flexibility index (Phi) is 7.43. The highest BCUT2D eigenvalue weighted by Gasteiger charge is 2.34. The number of nitrogens with zero attached hydrogens (tertiary/aromatic N) is 4. The summed E-state index contributed by atoms with van der Waals surface area (Å²) >= 11 is 0. The van der Waals surface area contributed by atoms with Gasteiger partial charge in [-0.3, -0.25) is 9.59 Å². The van der Waals surface area contributed by atoms with Gasteiger partial charge in [0.2, 0.25) is 11.8 Å². The van der Waals surface area contributed by atoms with E-state index in [-0.39, 0.29) is 24.9 Å². The second-order valence-electron chi connectivity index (χ2n) is 9.39. The number of hydrogen-bond acceptors (Lipinski definition) is 4. The zero-order chi connectivity index (χ0) is 25.7. The van der Waals surface area contributed by atoms with Crippen molar-refractivity contribution in [3.63, 3.8) is 0 Å². The molecule has 4 aromatic rings. The summed E-state index contributed by atoms with van der Waals surface area (Å²) < 4.78 is 16.2. The lowest BCUT2D eigenvalue weighted by molar-refractivity contribution is -0.143. The third kappa shape index (κ3) is 5.59. The van der Waals surface area contributed by atoms with Crippen molar-refractivity contribution in [3.05, 3.63) is 95.8 Å². The van der Waals surface area contributed by atoms with Gasteiger partial charge in [0.05, 0.1) is 5.52 Å². The van der Waals surface area contributed by atoms with Crippen molar-refractivity contribution in [2.75, 3.05) is 0 Å². The van der Waals surface area contributed by atoms with Crippen LogP contribution in [0.1, 0.15) is 44.4 Å². The zero-order valence-electron chi connectivity index (χ0n) is 20.7. The Hall–Kier alpha value is -4.07. The molecular weight excluding hydrogens is 457 g/mol. The average Bonchev–Trinajstić information content (AvgIpc) is 3.28.